The number of aromatic carboxylic acids is 1. The summed E-state index contributed by atoms with van der Waals surface area (Å²) in [4.78, 5) is 32.8. The third-order valence-corrected chi connectivity index (χ3v) is 2.51. The normalized spacial score (nSPS) is 11.7. The second kappa shape index (κ2) is 6.53. The van der Waals surface area contributed by atoms with Crippen LogP contribution >= 0.6 is 0 Å². The summed E-state index contributed by atoms with van der Waals surface area (Å²) in [5.41, 5.74) is 5.10. The van der Waals surface area contributed by atoms with Crippen molar-refractivity contribution in [2.45, 2.75) is 18.9 Å². The number of nitrogens with two attached hydrogens (primary N) is 1. The first-order chi connectivity index (χ1) is 9.31. The average molecular weight is 282 g/mol. The predicted molar refractivity (Wildman–Crippen MR) is 68.5 cm³/mol. The van der Waals surface area contributed by atoms with E-state index in [2.05, 4.69) is 5.32 Å². The van der Waals surface area contributed by atoms with E-state index in [0.717, 1.165) is 12.1 Å². The molecule has 0 heterocycles. The van der Waals surface area contributed by atoms with E-state index in [1.165, 1.54) is 6.07 Å². The Bertz CT molecular complexity index is 543. The van der Waals surface area contributed by atoms with Gasteiger partial charge in [-0.25, -0.2) is 4.79 Å². The van der Waals surface area contributed by atoms with Crippen molar-refractivity contribution in [3.05, 3.63) is 23.8 Å². The Morgan fingerprint density at radius 3 is 2.45 bits per heavy atom. The van der Waals surface area contributed by atoms with Crippen LogP contribution in [0.3, 0.4) is 0 Å². The van der Waals surface area contributed by atoms with Gasteiger partial charge in [-0.1, -0.05) is 0 Å². The van der Waals surface area contributed by atoms with Crippen LogP contribution in [0.2, 0.25) is 0 Å². The summed E-state index contributed by atoms with van der Waals surface area (Å²) in [6.45, 7) is 0. The number of carbonyl (C=O) groups excluding carboxylic acids is 1. The maximum Gasteiger partial charge on any atom is 0.339 e. The van der Waals surface area contributed by atoms with E-state index in [4.69, 9.17) is 15.9 Å². The lowest BCUT2D eigenvalue weighted by molar-refractivity contribution is -0.138. The summed E-state index contributed by atoms with van der Waals surface area (Å²) in [5.74, 6) is -3.44. The number of nitrogens with one attached hydrogen (secondary N) is 1. The van der Waals surface area contributed by atoms with Gasteiger partial charge in [-0.2, -0.15) is 0 Å². The van der Waals surface area contributed by atoms with Crippen molar-refractivity contribution < 1.29 is 29.7 Å². The van der Waals surface area contributed by atoms with Gasteiger partial charge in [0.25, 0.3) is 0 Å². The highest BCUT2D eigenvalue weighted by atomic mass is 16.4. The molecule has 20 heavy (non-hydrogen) atoms. The molecule has 108 valence electrons. The van der Waals surface area contributed by atoms with Crippen molar-refractivity contribution in [2.75, 3.05) is 5.32 Å². The van der Waals surface area contributed by atoms with Gasteiger partial charge < -0.3 is 26.4 Å². The molecule has 0 aliphatic rings. The van der Waals surface area contributed by atoms with E-state index in [-0.39, 0.29) is 24.1 Å². The fraction of sp³-hybridized carbons (Fsp3) is 0.250. The van der Waals surface area contributed by atoms with Gasteiger partial charge in [-0.15, -0.1) is 0 Å². The topological polar surface area (TPSA) is 150 Å². The Morgan fingerprint density at radius 2 is 1.90 bits per heavy atom. The molecule has 1 aromatic carbocycles. The minimum atomic E-state index is -1.33. The molecule has 1 amide bonds. The minimum Gasteiger partial charge on any atom is -0.507 e. The van der Waals surface area contributed by atoms with Crippen molar-refractivity contribution in [1.29, 1.82) is 0 Å². The lowest BCUT2D eigenvalue weighted by Gasteiger charge is -2.08. The Labute approximate surface area is 113 Å². The molecule has 0 aliphatic carbocycles. The molecule has 1 unspecified atom stereocenters. The zero-order chi connectivity index (χ0) is 15.3. The fourth-order valence-electron chi connectivity index (χ4n) is 1.42. The summed E-state index contributed by atoms with van der Waals surface area (Å²) in [7, 11) is 0. The number of carboxylic acid groups (broad SMARTS) is 2. The van der Waals surface area contributed by atoms with Gasteiger partial charge in [0.1, 0.15) is 17.4 Å². The molecule has 0 saturated heterocycles. The van der Waals surface area contributed by atoms with Crippen molar-refractivity contribution in [3.8, 4) is 5.75 Å². The van der Waals surface area contributed by atoms with Crippen LogP contribution in [0.15, 0.2) is 18.2 Å². The number of anilines is 1. The van der Waals surface area contributed by atoms with Crippen LogP contribution in [0.25, 0.3) is 0 Å². The van der Waals surface area contributed by atoms with Gasteiger partial charge in [-0.3, -0.25) is 9.59 Å². The molecular weight excluding hydrogens is 268 g/mol. The summed E-state index contributed by atoms with van der Waals surface area (Å²) in [5, 5.41) is 29.1. The predicted octanol–water partition coefficient (Wildman–Crippen LogP) is 0.221. The highest BCUT2D eigenvalue weighted by Crippen LogP contribution is 2.21. The number of carboxylic acids is 2. The summed E-state index contributed by atoms with van der Waals surface area (Å²) < 4.78 is 0. The number of hydrogen-bond donors (Lipinski definition) is 5. The first kappa shape index (κ1) is 15.4. The average Bonchev–Trinajstić information content (AvgIpc) is 2.37. The van der Waals surface area contributed by atoms with E-state index in [1.807, 2.05) is 0 Å². The van der Waals surface area contributed by atoms with E-state index in [0.29, 0.717) is 0 Å². The number of aromatic hydroxyl groups is 1. The molecule has 6 N–H and O–H groups in total. The first-order valence-electron chi connectivity index (χ1n) is 5.66. The number of aliphatic carboxylic acids is 1. The van der Waals surface area contributed by atoms with Crippen molar-refractivity contribution in [1.82, 2.24) is 0 Å². The van der Waals surface area contributed by atoms with Crippen molar-refractivity contribution >= 4 is 23.5 Å². The molecule has 0 aliphatic heterocycles. The van der Waals surface area contributed by atoms with Crippen LogP contribution in [-0.2, 0) is 9.59 Å². The second-order valence-corrected chi connectivity index (χ2v) is 4.07. The van der Waals surface area contributed by atoms with E-state index in [9.17, 15) is 19.5 Å². The van der Waals surface area contributed by atoms with Crippen molar-refractivity contribution in [2.24, 2.45) is 5.73 Å². The molecule has 1 rings (SSSR count). The van der Waals surface area contributed by atoms with Crippen LogP contribution in [0.5, 0.6) is 5.75 Å². The zero-order valence-electron chi connectivity index (χ0n) is 10.4. The van der Waals surface area contributed by atoms with Gasteiger partial charge >= 0.3 is 11.9 Å². The number of benzene rings is 1. The summed E-state index contributed by atoms with van der Waals surface area (Å²) in [6, 6.07) is 2.45. The summed E-state index contributed by atoms with van der Waals surface area (Å²) >= 11 is 0. The molecule has 8 nitrogen and oxygen atoms in total. The first-order valence-corrected chi connectivity index (χ1v) is 5.66. The molecule has 1 atom stereocenters. The molecule has 8 heteroatoms. The quantitative estimate of drug-likeness (QED) is 0.468. The Balaban J connectivity index is 2.65. The van der Waals surface area contributed by atoms with Gasteiger partial charge in [0, 0.05) is 12.1 Å². The highest BCUT2D eigenvalue weighted by Gasteiger charge is 2.15. The molecule has 0 fully saturated rings. The van der Waals surface area contributed by atoms with Crippen LogP contribution in [0.1, 0.15) is 23.2 Å². The Kier molecular flexibility index (Phi) is 5.04. The number of phenols is 1. The monoisotopic (exact) mass is 282 g/mol. The largest absolute Gasteiger partial charge is 0.507 e. The van der Waals surface area contributed by atoms with Crippen LogP contribution in [0, 0.1) is 0 Å². The number of carbonyl (C=O) groups is 3. The number of amides is 1. The van der Waals surface area contributed by atoms with Gasteiger partial charge in [0.15, 0.2) is 0 Å². The van der Waals surface area contributed by atoms with Crippen molar-refractivity contribution in [3.63, 3.8) is 0 Å². The third-order valence-electron chi connectivity index (χ3n) is 2.51. The van der Waals surface area contributed by atoms with Crippen LogP contribution < -0.4 is 11.1 Å². The SMILES string of the molecule is NC(CCC(=O)Nc1ccc(O)c(C(=O)O)c1)C(=O)O. The van der Waals surface area contributed by atoms with Crippen LogP contribution in [0.4, 0.5) is 5.69 Å². The third kappa shape index (κ3) is 4.25. The highest BCUT2D eigenvalue weighted by molar-refractivity contribution is 5.95. The molecule has 0 aromatic heterocycles. The summed E-state index contributed by atoms with van der Waals surface area (Å²) in [6.07, 6.45) is -0.151. The van der Waals surface area contributed by atoms with E-state index >= 15 is 0 Å². The van der Waals surface area contributed by atoms with Gasteiger partial charge in [-0.05, 0) is 24.6 Å². The zero-order valence-corrected chi connectivity index (χ0v) is 10.4. The lowest BCUT2D eigenvalue weighted by Crippen LogP contribution is -2.31. The molecule has 0 saturated carbocycles. The minimum absolute atomic E-state index is 0.0367. The standard InChI is InChI=1S/C12H14N2O6/c13-8(12(19)20)2-4-10(16)14-6-1-3-9(15)7(5-6)11(17)18/h1,3,5,8,15H,2,4,13H2,(H,14,16)(H,17,18)(H,19,20). The molecule has 1 aromatic rings. The maximum absolute atomic E-state index is 11.5. The maximum atomic E-state index is 11.5. The fourth-order valence-corrected chi connectivity index (χ4v) is 1.42. The number of rotatable bonds is 6. The molecular formula is C12H14N2O6. The molecule has 0 spiro atoms. The smallest absolute Gasteiger partial charge is 0.339 e. The lowest BCUT2D eigenvalue weighted by atomic mass is 10.1. The number of hydrogen-bond acceptors (Lipinski definition) is 5. The Morgan fingerprint density at radius 1 is 1.25 bits per heavy atom. The van der Waals surface area contributed by atoms with Gasteiger partial charge in [0.05, 0.1) is 0 Å². The molecule has 0 radical (unpaired) electrons. The second-order valence-electron chi connectivity index (χ2n) is 4.07. The van der Waals surface area contributed by atoms with E-state index < -0.39 is 29.6 Å². The van der Waals surface area contributed by atoms with Crippen LogP contribution in [-0.4, -0.2) is 39.2 Å². The van der Waals surface area contributed by atoms with E-state index in [1.54, 1.807) is 0 Å². The van der Waals surface area contributed by atoms with Gasteiger partial charge in [0.2, 0.25) is 5.91 Å². The molecule has 0 bridgehead atoms. The Hall–Kier alpha value is -2.61.